The first-order valence-electron chi connectivity index (χ1n) is 5.19. The van der Waals surface area contributed by atoms with Crippen LogP contribution in [-0.4, -0.2) is 20.0 Å². The van der Waals surface area contributed by atoms with Gasteiger partial charge in [-0.15, -0.1) is 10.2 Å². The van der Waals surface area contributed by atoms with Crippen molar-refractivity contribution in [2.75, 3.05) is 5.84 Å². The normalized spacial score (nSPS) is 10.4. The van der Waals surface area contributed by atoms with E-state index >= 15 is 0 Å². The van der Waals surface area contributed by atoms with Gasteiger partial charge in [-0.3, -0.25) is 4.79 Å². The summed E-state index contributed by atoms with van der Waals surface area (Å²) in [6.45, 7) is 1.93. The zero-order valence-electron chi connectivity index (χ0n) is 9.33. The van der Waals surface area contributed by atoms with Gasteiger partial charge in [0.15, 0.2) is 5.82 Å². The molecule has 0 aliphatic rings. The van der Waals surface area contributed by atoms with Gasteiger partial charge in [0, 0.05) is 12.0 Å². The molecule has 17 heavy (non-hydrogen) atoms. The van der Waals surface area contributed by atoms with Gasteiger partial charge in [-0.25, -0.2) is 4.68 Å². The van der Waals surface area contributed by atoms with E-state index in [1.807, 2.05) is 25.1 Å². The number of rotatable bonds is 3. The van der Waals surface area contributed by atoms with Gasteiger partial charge >= 0.3 is 0 Å². The van der Waals surface area contributed by atoms with Crippen LogP contribution in [0.2, 0.25) is 0 Å². The van der Waals surface area contributed by atoms with Crippen LogP contribution < -0.4 is 5.84 Å². The second kappa shape index (κ2) is 5.01. The fourth-order valence-corrected chi connectivity index (χ4v) is 2.04. The number of carbonyl (C=O) groups is 1. The number of nitrogens with two attached hydrogens (primary N) is 1. The van der Waals surface area contributed by atoms with Crippen LogP contribution >= 0.6 is 11.8 Å². The molecule has 1 aromatic carbocycles. The molecule has 0 radical (unpaired) electrons. The van der Waals surface area contributed by atoms with E-state index in [-0.39, 0.29) is 5.12 Å². The molecule has 0 spiro atoms. The average Bonchev–Trinajstić information content (AvgIpc) is 2.71. The Labute approximate surface area is 103 Å². The molecule has 88 valence electrons. The summed E-state index contributed by atoms with van der Waals surface area (Å²) in [6, 6.07) is 9.01. The summed E-state index contributed by atoms with van der Waals surface area (Å²) < 4.78 is 1.35. The zero-order valence-corrected chi connectivity index (χ0v) is 10.1. The Hall–Kier alpha value is -1.82. The van der Waals surface area contributed by atoms with Gasteiger partial charge < -0.3 is 5.84 Å². The second-order valence-corrected chi connectivity index (χ2v) is 4.32. The van der Waals surface area contributed by atoms with Gasteiger partial charge in [-0.1, -0.05) is 37.3 Å². The zero-order chi connectivity index (χ0) is 12.3. The van der Waals surface area contributed by atoms with Crippen LogP contribution in [0.4, 0.5) is 0 Å². The maximum absolute atomic E-state index is 11.9. The minimum absolute atomic E-state index is 0.0904. The summed E-state index contributed by atoms with van der Waals surface area (Å²) in [4.78, 5) is 11.9. The van der Waals surface area contributed by atoms with Crippen LogP contribution in [0.3, 0.4) is 0 Å². The molecule has 6 heteroatoms. The summed E-state index contributed by atoms with van der Waals surface area (Å²) in [6.07, 6.45) is 0.684. The van der Waals surface area contributed by atoms with Crippen molar-refractivity contribution in [3.05, 3.63) is 41.7 Å². The molecule has 1 heterocycles. The molecule has 1 aromatic heterocycles. The van der Waals surface area contributed by atoms with Crippen LogP contribution in [-0.2, 0) is 6.42 Å². The fraction of sp³-hybridized carbons (Fsp3) is 0.182. The SMILES string of the molecule is CCc1nnc(SC(=O)c2ccccc2)n1N. The maximum Gasteiger partial charge on any atom is 0.227 e. The molecule has 0 bridgehead atoms. The van der Waals surface area contributed by atoms with Gasteiger partial charge in [-0.05, 0) is 11.8 Å². The number of thioether (sulfide) groups is 1. The monoisotopic (exact) mass is 248 g/mol. The van der Waals surface area contributed by atoms with Crippen molar-refractivity contribution in [3.8, 4) is 0 Å². The summed E-state index contributed by atoms with van der Waals surface area (Å²) in [7, 11) is 0. The van der Waals surface area contributed by atoms with Crippen LogP contribution in [0.5, 0.6) is 0 Å². The molecule has 5 nitrogen and oxygen atoms in total. The molecule has 0 saturated heterocycles. The Morgan fingerprint density at radius 3 is 2.65 bits per heavy atom. The molecule has 0 aliphatic heterocycles. The summed E-state index contributed by atoms with van der Waals surface area (Å²) in [5.74, 6) is 6.42. The molecule has 2 N–H and O–H groups in total. The van der Waals surface area contributed by atoms with Gasteiger partial charge in [0.05, 0.1) is 0 Å². The van der Waals surface area contributed by atoms with Gasteiger partial charge in [0.1, 0.15) is 0 Å². The van der Waals surface area contributed by atoms with E-state index in [0.717, 1.165) is 11.8 Å². The predicted molar refractivity (Wildman–Crippen MR) is 66.2 cm³/mol. The van der Waals surface area contributed by atoms with E-state index in [2.05, 4.69) is 10.2 Å². The number of carbonyl (C=O) groups excluding carboxylic acids is 1. The smallest absolute Gasteiger partial charge is 0.227 e. The Balaban J connectivity index is 2.16. The second-order valence-electron chi connectivity index (χ2n) is 3.38. The lowest BCUT2D eigenvalue weighted by Crippen LogP contribution is -2.14. The van der Waals surface area contributed by atoms with E-state index < -0.39 is 0 Å². The molecular formula is C11H12N4OS. The Bertz CT molecular complexity index is 524. The molecule has 2 aromatic rings. The number of benzene rings is 1. The molecule has 0 fully saturated rings. The molecule has 2 rings (SSSR count). The molecule has 0 unspecified atom stereocenters. The fourth-order valence-electron chi connectivity index (χ4n) is 1.33. The van der Waals surface area contributed by atoms with E-state index in [4.69, 9.17) is 5.84 Å². The minimum Gasteiger partial charge on any atom is -0.336 e. The van der Waals surface area contributed by atoms with Crippen molar-refractivity contribution < 1.29 is 4.79 Å². The van der Waals surface area contributed by atoms with Crippen LogP contribution in [0.25, 0.3) is 0 Å². The molecule has 0 atom stereocenters. The highest BCUT2D eigenvalue weighted by molar-refractivity contribution is 8.14. The summed E-state index contributed by atoms with van der Waals surface area (Å²) >= 11 is 0.985. The van der Waals surface area contributed by atoms with Gasteiger partial charge in [0.2, 0.25) is 10.3 Å². The first kappa shape index (κ1) is 11.7. The van der Waals surface area contributed by atoms with E-state index in [1.165, 1.54) is 4.68 Å². The number of nitrogens with zero attached hydrogens (tertiary/aromatic N) is 3. The maximum atomic E-state index is 11.9. The first-order valence-corrected chi connectivity index (χ1v) is 6.00. The highest BCUT2D eigenvalue weighted by atomic mass is 32.2. The third kappa shape index (κ3) is 2.47. The van der Waals surface area contributed by atoms with E-state index in [0.29, 0.717) is 23.0 Å². The molecule has 0 amide bonds. The van der Waals surface area contributed by atoms with Crippen molar-refractivity contribution in [2.24, 2.45) is 0 Å². The Morgan fingerprint density at radius 2 is 2.06 bits per heavy atom. The number of aryl methyl sites for hydroxylation is 1. The lowest BCUT2D eigenvalue weighted by molar-refractivity contribution is 0.108. The van der Waals surface area contributed by atoms with Crippen molar-refractivity contribution in [1.82, 2.24) is 14.9 Å². The van der Waals surface area contributed by atoms with Crippen LogP contribution in [0.1, 0.15) is 23.1 Å². The van der Waals surface area contributed by atoms with Crippen molar-refractivity contribution in [3.63, 3.8) is 0 Å². The lowest BCUT2D eigenvalue weighted by atomic mass is 10.2. The molecular weight excluding hydrogens is 236 g/mol. The first-order chi connectivity index (χ1) is 8.22. The number of nitrogen functional groups attached to an aromatic ring is 1. The average molecular weight is 248 g/mol. The molecule has 0 aliphatic carbocycles. The lowest BCUT2D eigenvalue weighted by Gasteiger charge is -2.01. The van der Waals surface area contributed by atoms with E-state index in [1.54, 1.807) is 12.1 Å². The Morgan fingerprint density at radius 1 is 1.35 bits per heavy atom. The van der Waals surface area contributed by atoms with Crippen LogP contribution in [0, 0.1) is 0 Å². The third-order valence-corrected chi connectivity index (χ3v) is 3.13. The van der Waals surface area contributed by atoms with Crippen molar-refractivity contribution in [2.45, 2.75) is 18.5 Å². The van der Waals surface area contributed by atoms with Crippen molar-refractivity contribution >= 4 is 16.9 Å². The van der Waals surface area contributed by atoms with E-state index in [9.17, 15) is 4.79 Å². The van der Waals surface area contributed by atoms with Gasteiger partial charge in [0.25, 0.3) is 0 Å². The summed E-state index contributed by atoms with van der Waals surface area (Å²) in [5.41, 5.74) is 0.624. The van der Waals surface area contributed by atoms with Crippen LogP contribution in [0.15, 0.2) is 35.5 Å². The third-order valence-electron chi connectivity index (χ3n) is 2.24. The standard InChI is InChI=1S/C11H12N4OS/c1-2-9-13-14-11(15(9)12)17-10(16)8-6-4-3-5-7-8/h3-7H,2,12H2,1H3. The number of hydrogen-bond donors (Lipinski definition) is 1. The topological polar surface area (TPSA) is 73.8 Å². The number of hydrogen-bond acceptors (Lipinski definition) is 5. The number of aromatic nitrogens is 3. The predicted octanol–water partition coefficient (Wildman–Crippen LogP) is 1.49. The summed E-state index contributed by atoms with van der Waals surface area (Å²) in [5, 5.41) is 8.10. The minimum atomic E-state index is -0.0904. The molecule has 0 saturated carbocycles. The van der Waals surface area contributed by atoms with Gasteiger partial charge in [-0.2, -0.15) is 0 Å². The largest absolute Gasteiger partial charge is 0.336 e. The van der Waals surface area contributed by atoms with Crippen molar-refractivity contribution in [1.29, 1.82) is 0 Å². The highest BCUT2D eigenvalue weighted by Crippen LogP contribution is 2.20. The quantitative estimate of drug-likeness (QED) is 0.658. The Kier molecular flexibility index (Phi) is 3.43. The highest BCUT2D eigenvalue weighted by Gasteiger charge is 2.14.